The van der Waals surface area contributed by atoms with Gasteiger partial charge in [0.2, 0.25) is 0 Å². The van der Waals surface area contributed by atoms with Crippen LogP contribution >= 0.6 is 27.3 Å². The number of benzene rings is 1. The lowest BCUT2D eigenvalue weighted by Crippen LogP contribution is -2.07. The first-order valence-electron chi connectivity index (χ1n) is 6.43. The summed E-state index contributed by atoms with van der Waals surface area (Å²) in [5.74, 6) is 0.708. The molecule has 18 heavy (non-hydrogen) atoms. The molecule has 94 valence electrons. The average molecular weight is 321 g/mol. The van der Waals surface area contributed by atoms with Crippen LogP contribution in [0.4, 0.5) is 0 Å². The van der Waals surface area contributed by atoms with Crippen molar-refractivity contribution in [2.24, 2.45) is 5.92 Å². The first kappa shape index (κ1) is 12.4. The van der Waals surface area contributed by atoms with Gasteiger partial charge in [0.25, 0.3) is 0 Å². The molecule has 0 fully saturated rings. The molecule has 0 nitrogen and oxygen atoms in total. The molecule has 1 unspecified atom stereocenters. The van der Waals surface area contributed by atoms with Crippen LogP contribution in [0, 0.1) is 19.8 Å². The minimum atomic E-state index is 0.503. The summed E-state index contributed by atoms with van der Waals surface area (Å²) in [6.45, 7) is 4.43. The molecular formula is C16H17BrS. The van der Waals surface area contributed by atoms with Crippen LogP contribution in [0.2, 0.25) is 0 Å². The van der Waals surface area contributed by atoms with E-state index in [4.69, 9.17) is 0 Å². The van der Waals surface area contributed by atoms with Crippen molar-refractivity contribution in [2.75, 3.05) is 0 Å². The quantitative estimate of drug-likeness (QED) is 0.666. The highest BCUT2D eigenvalue weighted by Crippen LogP contribution is 2.43. The van der Waals surface area contributed by atoms with Crippen molar-refractivity contribution in [3.63, 3.8) is 0 Å². The molecular weight excluding hydrogens is 304 g/mol. The van der Waals surface area contributed by atoms with Crippen LogP contribution in [0.25, 0.3) is 0 Å². The van der Waals surface area contributed by atoms with E-state index in [-0.39, 0.29) is 0 Å². The maximum atomic E-state index is 3.95. The van der Waals surface area contributed by atoms with Gasteiger partial charge >= 0.3 is 0 Å². The number of aryl methyl sites for hydroxylation is 2. The van der Waals surface area contributed by atoms with Crippen molar-refractivity contribution in [1.29, 1.82) is 0 Å². The van der Waals surface area contributed by atoms with E-state index < -0.39 is 0 Å². The lowest BCUT2D eigenvalue weighted by molar-refractivity contribution is 0.558. The zero-order valence-electron chi connectivity index (χ0n) is 10.7. The highest BCUT2D eigenvalue weighted by Gasteiger charge is 2.29. The molecule has 2 heteroatoms. The third-order valence-corrected chi connectivity index (χ3v) is 6.57. The third kappa shape index (κ3) is 2.17. The molecule has 0 amide bonds. The van der Waals surface area contributed by atoms with Gasteiger partial charge in [0.05, 0.1) is 4.83 Å². The third-order valence-electron chi connectivity index (χ3n) is 3.83. The van der Waals surface area contributed by atoms with Crippen molar-refractivity contribution in [2.45, 2.75) is 31.5 Å². The summed E-state index contributed by atoms with van der Waals surface area (Å²) in [5, 5.41) is 0. The highest BCUT2D eigenvalue weighted by molar-refractivity contribution is 9.09. The summed E-state index contributed by atoms with van der Waals surface area (Å²) in [4.78, 5) is 3.44. The topological polar surface area (TPSA) is 0 Å². The summed E-state index contributed by atoms with van der Waals surface area (Å²) >= 11 is 5.89. The fourth-order valence-electron chi connectivity index (χ4n) is 2.95. The van der Waals surface area contributed by atoms with Crippen LogP contribution in [-0.4, -0.2) is 0 Å². The smallest absolute Gasteiger partial charge is 0.0526 e. The molecule has 3 rings (SSSR count). The van der Waals surface area contributed by atoms with Gasteiger partial charge in [0.15, 0.2) is 0 Å². The van der Waals surface area contributed by atoms with Crippen molar-refractivity contribution >= 4 is 27.3 Å². The summed E-state index contributed by atoms with van der Waals surface area (Å²) in [5.41, 5.74) is 4.52. The van der Waals surface area contributed by atoms with Crippen LogP contribution < -0.4 is 0 Å². The summed E-state index contributed by atoms with van der Waals surface area (Å²) in [6.07, 6.45) is 2.42. The molecule has 2 aromatic rings. The summed E-state index contributed by atoms with van der Waals surface area (Å²) < 4.78 is 0. The van der Waals surface area contributed by atoms with Gasteiger partial charge in [-0.3, -0.25) is 0 Å². The zero-order valence-corrected chi connectivity index (χ0v) is 13.1. The maximum absolute atomic E-state index is 3.95. The molecule has 1 aliphatic carbocycles. The number of halogens is 1. The first-order valence-corrected chi connectivity index (χ1v) is 8.16. The number of hydrogen-bond donors (Lipinski definition) is 0. The molecule has 0 saturated heterocycles. The number of alkyl halides is 1. The first-order chi connectivity index (χ1) is 8.65. The number of rotatable bonds is 2. The van der Waals surface area contributed by atoms with Crippen molar-refractivity contribution in [1.82, 2.24) is 0 Å². The number of hydrogen-bond acceptors (Lipinski definition) is 1. The van der Waals surface area contributed by atoms with Gasteiger partial charge in [-0.2, -0.15) is 0 Å². The molecule has 1 heterocycles. The SMILES string of the molecule is Cc1cc(C)c(C(Br)C2Cc3ccccc3C2)s1. The van der Waals surface area contributed by atoms with Gasteiger partial charge in [-0.25, -0.2) is 0 Å². The Labute approximate surface area is 121 Å². The second-order valence-corrected chi connectivity index (χ2v) is 7.52. The summed E-state index contributed by atoms with van der Waals surface area (Å²) in [7, 11) is 0. The van der Waals surface area contributed by atoms with Crippen molar-refractivity contribution < 1.29 is 0 Å². The van der Waals surface area contributed by atoms with Gasteiger partial charge < -0.3 is 0 Å². The average Bonchev–Trinajstić information content (AvgIpc) is 2.91. The second-order valence-electron chi connectivity index (χ2n) is 5.24. The standard InChI is InChI=1S/C16H17BrS/c1-10-7-11(2)18-16(10)15(17)14-8-12-5-3-4-6-13(12)9-14/h3-7,14-15H,8-9H2,1-2H3. The molecule has 0 bridgehead atoms. The molecule has 0 spiro atoms. The largest absolute Gasteiger partial charge is 0.144 e. The summed E-state index contributed by atoms with van der Waals surface area (Å²) in [6, 6.07) is 11.2. The molecule has 0 saturated carbocycles. The van der Waals surface area contributed by atoms with Crippen LogP contribution in [-0.2, 0) is 12.8 Å². The van der Waals surface area contributed by atoms with Crippen LogP contribution in [0.1, 0.15) is 31.3 Å². The molecule has 0 aliphatic heterocycles. The van der Waals surface area contributed by atoms with E-state index in [0.717, 1.165) is 0 Å². The minimum Gasteiger partial charge on any atom is -0.144 e. The van der Waals surface area contributed by atoms with Crippen LogP contribution in [0.15, 0.2) is 30.3 Å². The Bertz CT molecular complexity index is 545. The Kier molecular flexibility index (Phi) is 3.33. The minimum absolute atomic E-state index is 0.503. The lowest BCUT2D eigenvalue weighted by Gasteiger charge is -2.16. The van der Waals surface area contributed by atoms with E-state index in [1.54, 1.807) is 0 Å². The van der Waals surface area contributed by atoms with Crippen LogP contribution in [0.3, 0.4) is 0 Å². The van der Waals surface area contributed by atoms with Gasteiger partial charge in [-0.15, -0.1) is 11.3 Å². The van der Waals surface area contributed by atoms with Crippen molar-refractivity contribution in [3.8, 4) is 0 Å². The Hall–Kier alpha value is -0.600. The molecule has 0 radical (unpaired) electrons. The zero-order chi connectivity index (χ0) is 12.7. The van der Waals surface area contributed by atoms with Crippen LogP contribution in [0.5, 0.6) is 0 Å². The Balaban J connectivity index is 1.84. The van der Waals surface area contributed by atoms with E-state index in [1.165, 1.54) is 39.3 Å². The monoisotopic (exact) mass is 320 g/mol. The number of thiophene rings is 1. The van der Waals surface area contributed by atoms with Gasteiger partial charge in [0, 0.05) is 9.75 Å². The van der Waals surface area contributed by atoms with E-state index in [9.17, 15) is 0 Å². The van der Waals surface area contributed by atoms with E-state index in [0.29, 0.717) is 10.7 Å². The predicted octanol–water partition coefficient (Wildman–Crippen LogP) is 5.22. The highest BCUT2D eigenvalue weighted by atomic mass is 79.9. The van der Waals surface area contributed by atoms with E-state index >= 15 is 0 Å². The van der Waals surface area contributed by atoms with Crippen molar-refractivity contribution in [3.05, 3.63) is 56.8 Å². The maximum Gasteiger partial charge on any atom is 0.0526 e. The number of fused-ring (bicyclic) bond motifs is 1. The fraction of sp³-hybridized carbons (Fsp3) is 0.375. The van der Waals surface area contributed by atoms with Gasteiger partial charge in [-0.05, 0) is 55.4 Å². The molecule has 1 aliphatic rings. The normalized spacial score (nSPS) is 16.8. The molecule has 0 N–H and O–H groups in total. The van der Waals surface area contributed by atoms with Gasteiger partial charge in [-0.1, -0.05) is 40.2 Å². The molecule has 1 aromatic heterocycles. The van der Waals surface area contributed by atoms with E-state index in [2.05, 4.69) is 60.1 Å². The van der Waals surface area contributed by atoms with E-state index in [1.807, 2.05) is 11.3 Å². The Morgan fingerprint density at radius 1 is 1.17 bits per heavy atom. The Morgan fingerprint density at radius 2 is 1.78 bits per heavy atom. The second kappa shape index (κ2) is 4.82. The predicted molar refractivity (Wildman–Crippen MR) is 82.8 cm³/mol. The Morgan fingerprint density at radius 3 is 2.28 bits per heavy atom. The molecule has 1 atom stereocenters. The lowest BCUT2D eigenvalue weighted by atomic mass is 9.99. The molecule has 1 aromatic carbocycles. The van der Waals surface area contributed by atoms with Gasteiger partial charge in [0.1, 0.15) is 0 Å². The fourth-order valence-corrected chi connectivity index (χ4v) is 5.07.